The number of methoxy groups -OCH3 is 2. The van der Waals surface area contributed by atoms with Crippen LogP contribution in [0.4, 0.5) is 11.4 Å². The number of carbonyl (C=O) groups is 1. The number of rotatable bonds is 5. The van der Waals surface area contributed by atoms with E-state index in [0.717, 1.165) is 37.3 Å². The Balaban J connectivity index is 1.59. The number of anilines is 2. The van der Waals surface area contributed by atoms with Gasteiger partial charge in [-0.1, -0.05) is 0 Å². The van der Waals surface area contributed by atoms with Crippen molar-refractivity contribution in [3.05, 3.63) is 48.0 Å². The Kier molecular flexibility index (Phi) is 6.71. The number of carbonyl (C=O) groups excluding carboxylic acids is 1. The fourth-order valence-corrected chi connectivity index (χ4v) is 3.42. The topological polar surface area (TPSA) is 62.8 Å². The van der Waals surface area contributed by atoms with Crippen LogP contribution in [0.25, 0.3) is 0 Å². The van der Waals surface area contributed by atoms with Gasteiger partial charge in [0.2, 0.25) is 0 Å². The van der Waals surface area contributed by atoms with Crippen molar-refractivity contribution in [3.8, 4) is 11.5 Å². The maximum Gasteiger partial charge on any atom is 0.253 e. The first-order valence-corrected chi connectivity index (χ1v) is 9.71. The van der Waals surface area contributed by atoms with E-state index in [-0.39, 0.29) is 5.91 Å². The number of amides is 1. The van der Waals surface area contributed by atoms with E-state index in [1.165, 1.54) is 6.42 Å². The maximum atomic E-state index is 12.5. The predicted molar refractivity (Wildman–Crippen MR) is 116 cm³/mol. The van der Waals surface area contributed by atoms with E-state index in [0.29, 0.717) is 22.2 Å². The summed E-state index contributed by atoms with van der Waals surface area (Å²) in [6, 6.07) is 12.9. The van der Waals surface area contributed by atoms with E-state index in [1.807, 2.05) is 47.4 Å². The lowest BCUT2D eigenvalue weighted by Gasteiger charge is -2.26. The number of likely N-dealkylation sites (tertiary alicyclic amines) is 1. The van der Waals surface area contributed by atoms with Gasteiger partial charge in [-0.2, -0.15) is 0 Å². The Morgan fingerprint density at radius 3 is 2.14 bits per heavy atom. The molecule has 6 nitrogen and oxygen atoms in total. The summed E-state index contributed by atoms with van der Waals surface area (Å²) < 4.78 is 10.5. The van der Waals surface area contributed by atoms with E-state index < -0.39 is 0 Å². The number of hydrogen-bond acceptors (Lipinski definition) is 4. The SMILES string of the molecule is COc1ccc(NC(=S)Nc2ccc(C(=O)N3CCCCC3)cc2)cc1OC. The number of ether oxygens (including phenoxy) is 2. The van der Waals surface area contributed by atoms with Gasteiger partial charge in [-0.25, -0.2) is 0 Å². The number of nitrogens with zero attached hydrogens (tertiary/aromatic N) is 1. The van der Waals surface area contributed by atoms with Crippen LogP contribution in [0.1, 0.15) is 29.6 Å². The largest absolute Gasteiger partial charge is 0.493 e. The first-order chi connectivity index (χ1) is 13.6. The van der Waals surface area contributed by atoms with Gasteiger partial charge in [-0.3, -0.25) is 4.79 Å². The molecule has 1 saturated heterocycles. The average molecular weight is 400 g/mol. The summed E-state index contributed by atoms with van der Waals surface area (Å²) in [5.41, 5.74) is 2.30. The Bertz CT molecular complexity index is 833. The fourth-order valence-electron chi connectivity index (χ4n) is 3.18. The lowest BCUT2D eigenvalue weighted by atomic mass is 10.1. The third-order valence-corrected chi connectivity index (χ3v) is 4.88. The van der Waals surface area contributed by atoms with Gasteiger partial charge < -0.3 is 25.0 Å². The minimum Gasteiger partial charge on any atom is -0.493 e. The van der Waals surface area contributed by atoms with Crippen molar-refractivity contribution >= 4 is 34.6 Å². The van der Waals surface area contributed by atoms with E-state index in [4.69, 9.17) is 21.7 Å². The highest BCUT2D eigenvalue weighted by atomic mass is 32.1. The van der Waals surface area contributed by atoms with Crippen LogP contribution in [0.2, 0.25) is 0 Å². The summed E-state index contributed by atoms with van der Waals surface area (Å²) in [6.07, 6.45) is 3.38. The molecular weight excluding hydrogens is 374 g/mol. The molecule has 0 aromatic heterocycles. The molecule has 2 N–H and O–H groups in total. The van der Waals surface area contributed by atoms with Gasteiger partial charge in [0, 0.05) is 36.1 Å². The van der Waals surface area contributed by atoms with Gasteiger partial charge in [0.25, 0.3) is 5.91 Å². The second-order valence-electron chi connectivity index (χ2n) is 6.58. The molecule has 148 valence electrons. The number of hydrogen-bond donors (Lipinski definition) is 2. The molecule has 2 aromatic rings. The molecule has 0 unspecified atom stereocenters. The Morgan fingerprint density at radius 1 is 0.893 bits per heavy atom. The number of benzene rings is 2. The molecule has 1 aliphatic rings. The normalized spacial score (nSPS) is 13.6. The van der Waals surface area contributed by atoms with Gasteiger partial charge in [-0.15, -0.1) is 0 Å². The Hall–Kier alpha value is -2.80. The summed E-state index contributed by atoms with van der Waals surface area (Å²) in [4.78, 5) is 14.5. The van der Waals surface area contributed by atoms with Crippen LogP contribution in [-0.2, 0) is 0 Å². The third kappa shape index (κ3) is 4.92. The third-order valence-electron chi connectivity index (χ3n) is 4.67. The highest BCUT2D eigenvalue weighted by Crippen LogP contribution is 2.29. The fraction of sp³-hybridized carbons (Fsp3) is 0.333. The van der Waals surface area contributed by atoms with Crippen molar-refractivity contribution in [1.82, 2.24) is 4.90 Å². The van der Waals surface area contributed by atoms with E-state index in [1.54, 1.807) is 14.2 Å². The quantitative estimate of drug-likeness (QED) is 0.737. The summed E-state index contributed by atoms with van der Waals surface area (Å²) in [7, 11) is 3.18. The maximum absolute atomic E-state index is 12.5. The van der Waals surface area contributed by atoms with E-state index >= 15 is 0 Å². The van der Waals surface area contributed by atoms with Crippen LogP contribution >= 0.6 is 12.2 Å². The lowest BCUT2D eigenvalue weighted by Crippen LogP contribution is -2.35. The molecule has 3 rings (SSSR count). The van der Waals surface area contributed by atoms with E-state index in [2.05, 4.69) is 10.6 Å². The van der Waals surface area contributed by atoms with Gasteiger partial charge in [0.05, 0.1) is 14.2 Å². The lowest BCUT2D eigenvalue weighted by molar-refractivity contribution is 0.0724. The molecule has 1 amide bonds. The van der Waals surface area contributed by atoms with E-state index in [9.17, 15) is 4.79 Å². The van der Waals surface area contributed by atoms with Crippen molar-refractivity contribution in [2.45, 2.75) is 19.3 Å². The van der Waals surface area contributed by atoms with Crippen molar-refractivity contribution in [2.24, 2.45) is 0 Å². The highest BCUT2D eigenvalue weighted by molar-refractivity contribution is 7.80. The van der Waals surface area contributed by atoms with Gasteiger partial charge in [0.15, 0.2) is 16.6 Å². The summed E-state index contributed by atoms with van der Waals surface area (Å²) in [6.45, 7) is 1.69. The van der Waals surface area contributed by atoms with Crippen LogP contribution in [0.3, 0.4) is 0 Å². The van der Waals surface area contributed by atoms with Gasteiger partial charge in [0.1, 0.15) is 0 Å². The standard InChI is InChI=1S/C21H25N3O3S/c1-26-18-11-10-17(14-19(18)27-2)23-21(28)22-16-8-6-15(7-9-16)20(25)24-12-4-3-5-13-24/h6-11,14H,3-5,12-13H2,1-2H3,(H2,22,23,28). The molecule has 7 heteroatoms. The van der Waals surface area contributed by atoms with Crippen LogP contribution in [0.15, 0.2) is 42.5 Å². The molecule has 28 heavy (non-hydrogen) atoms. The molecule has 0 radical (unpaired) electrons. The molecule has 0 saturated carbocycles. The first kappa shape index (κ1) is 19.9. The first-order valence-electron chi connectivity index (χ1n) is 9.30. The predicted octanol–water partition coefficient (Wildman–Crippen LogP) is 4.14. The highest BCUT2D eigenvalue weighted by Gasteiger charge is 2.17. The zero-order valence-electron chi connectivity index (χ0n) is 16.2. The zero-order chi connectivity index (χ0) is 19.9. The van der Waals surface area contributed by atoms with Crippen LogP contribution in [0.5, 0.6) is 11.5 Å². The Labute approximate surface area is 170 Å². The van der Waals surface area contributed by atoms with Crippen LogP contribution < -0.4 is 20.1 Å². The van der Waals surface area contributed by atoms with Gasteiger partial charge in [-0.05, 0) is 67.9 Å². The van der Waals surface area contributed by atoms with Crippen molar-refractivity contribution < 1.29 is 14.3 Å². The smallest absolute Gasteiger partial charge is 0.253 e. The molecule has 0 atom stereocenters. The summed E-state index contributed by atoms with van der Waals surface area (Å²) >= 11 is 5.38. The van der Waals surface area contributed by atoms with Crippen LogP contribution in [-0.4, -0.2) is 43.2 Å². The molecular formula is C21H25N3O3S. The summed E-state index contributed by atoms with van der Waals surface area (Å²) in [5, 5.41) is 6.69. The molecule has 0 bridgehead atoms. The average Bonchev–Trinajstić information content (AvgIpc) is 2.74. The number of nitrogens with one attached hydrogen (secondary N) is 2. The minimum absolute atomic E-state index is 0.0947. The molecule has 0 aliphatic carbocycles. The van der Waals surface area contributed by atoms with Crippen molar-refractivity contribution in [1.29, 1.82) is 0 Å². The summed E-state index contributed by atoms with van der Waals surface area (Å²) in [5.74, 6) is 1.37. The second kappa shape index (κ2) is 9.41. The number of thiocarbonyl (C=S) groups is 1. The zero-order valence-corrected chi connectivity index (χ0v) is 17.0. The molecule has 0 spiro atoms. The molecule has 1 heterocycles. The second-order valence-corrected chi connectivity index (χ2v) is 6.99. The Morgan fingerprint density at radius 2 is 1.50 bits per heavy atom. The molecule has 1 fully saturated rings. The minimum atomic E-state index is 0.0947. The molecule has 1 aliphatic heterocycles. The van der Waals surface area contributed by atoms with Crippen LogP contribution in [0, 0.1) is 0 Å². The van der Waals surface area contributed by atoms with Crippen molar-refractivity contribution in [2.75, 3.05) is 37.9 Å². The number of piperidine rings is 1. The monoisotopic (exact) mass is 399 g/mol. The van der Waals surface area contributed by atoms with Gasteiger partial charge >= 0.3 is 0 Å². The van der Waals surface area contributed by atoms with Crippen molar-refractivity contribution in [3.63, 3.8) is 0 Å². The molecule has 2 aromatic carbocycles.